The molecule has 3 heteroatoms. The summed E-state index contributed by atoms with van der Waals surface area (Å²) in [6, 6.07) is 5.64. The van der Waals surface area contributed by atoms with E-state index in [9.17, 15) is 0 Å². The van der Waals surface area contributed by atoms with Crippen LogP contribution in [0.1, 0.15) is 32.3 Å². The maximum Gasteiger partial charge on any atom is 0.126 e. The van der Waals surface area contributed by atoms with Crippen LogP contribution >= 0.6 is 0 Å². The fourth-order valence-electron chi connectivity index (χ4n) is 1.60. The molecule has 1 unspecified atom stereocenters. The lowest BCUT2D eigenvalue weighted by Crippen LogP contribution is -2.08. The van der Waals surface area contributed by atoms with Gasteiger partial charge in [0.25, 0.3) is 0 Å². The van der Waals surface area contributed by atoms with E-state index in [1.807, 2.05) is 18.2 Å². The molecule has 0 fully saturated rings. The number of nitrogen functional groups attached to an aromatic ring is 1. The zero-order valence-corrected chi connectivity index (χ0v) is 10.3. The van der Waals surface area contributed by atoms with Crippen LogP contribution in [-0.4, -0.2) is 13.2 Å². The van der Waals surface area contributed by atoms with Gasteiger partial charge in [0.1, 0.15) is 5.75 Å². The number of rotatable bonds is 6. The van der Waals surface area contributed by atoms with Crippen LogP contribution in [0.5, 0.6) is 5.75 Å². The van der Waals surface area contributed by atoms with Crippen molar-refractivity contribution < 1.29 is 9.47 Å². The number of ether oxygens (including phenoxy) is 2. The second-order valence-corrected chi connectivity index (χ2v) is 3.98. The summed E-state index contributed by atoms with van der Waals surface area (Å²) in [6.45, 7) is 4.82. The van der Waals surface area contributed by atoms with Gasteiger partial charge >= 0.3 is 0 Å². The summed E-state index contributed by atoms with van der Waals surface area (Å²) in [4.78, 5) is 0. The summed E-state index contributed by atoms with van der Waals surface area (Å²) in [5, 5.41) is 0. The molecule has 1 atom stereocenters. The molecule has 0 aliphatic heterocycles. The van der Waals surface area contributed by atoms with Crippen molar-refractivity contribution in [2.75, 3.05) is 12.8 Å². The molecular weight excluding hydrogens is 202 g/mol. The maximum absolute atomic E-state index is 5.73. The van der Waals surface area contributed by atoms with Gasteiger partial charge in [-0.25, -0.2) is 0 Å². The number of methoxy groups -OCH3 is 1. The molecule has 0 saturated carbocycles. The van der Waals surface area contributed by atoms with E-state index in [1.54, 1.807) is 7.11 Å². The van der Waals surface area contributed by atoms with Gasteiger partial charge in [-0.05, 0) is 19.4 Å². The van der Waals surface area contributed by atoms with E-state index in [0.717, 1.165) is 24.2 Å². The van der Waals surface area contributed by atoms with Crippen LogP contribution in [0.25, 0.3) is 0 Å². The molecule has 0 radical (unpaired) electrons. The zero-order valence-electron chi connectivity index (χ0n) is 10.3. The number of hydrogen-bond acceptors (Lipinski definition) is 3. The lowest BCUT2D eigenvalue weighted by atomic mass is 10.2. The van der Waals surface area contributed by atoms with E-state index in [4.69, 9.17) is 15.2 Å². The molecular formula is C13H21NO2. The maximum atomic E-state index is 5.73. The number of benzene rings is 1. The topological polar surface area (TPSA) is 44.5 Å². The fraction of sp³-hybridized carbons (Fsp3) is 0.538. The van der Waals surface area contributed by atoms with Gasteiger partial charge in [-0.2, -0.15) is 0 Å². The Morgan fingerprint density at radius 3 is 2.75 bits per heavy atom. The molecule has 2 N–H and O–H groups in total. The predicted molar refractivity (Wildman–Crippen MR) is 66.6 cm³/mol. The molecule has 0 spiro atoms. The molecule has 1 rings (SSSR count). The van der Waals surface area contributed by atoms with E-state index in [-0.39, 0.29) is 6.10 Å². The highest BCUT2D eigenvalue weighted by atomic mass is 16.5. The molecule has 1 aromatic rings. The first-order valence-electron chi connectivity index (χ1n) is 5.71. The van der Waals surface area contributed by atoms with Gasteiger partial charge in [-0.15, -0.1) is 0 Å². The van der Waals surface area contributed by atoms with Crippen LogP contribution in [0.4, 0.5) is 5.69 Å². The monoisotopic (exact) mass is 223 g/mol. The highest BCUT2D eigenvalue weighted by Gasteiger charge is 2.06. The first kappa shape index (κ1) is 12.8. The Labute approximate surface area is 97.6 Å². The lowest BCUT2D eigenvalue weighted by molar-refractivity contribution is 0.0461. The van der Waals surface area contributed by atoms with Gasteiger partial charge in [0, 0.05) is 17.3 Å². The molecule has 0 amide bonds. The molecule has 0 aliphatic carbocycles. The molecule has 0 bridgehead atoms. The Bertz CT molecular complexity index is 326. The van der Waals surface area contributed by atoms with Crippen molar-refractivity contribution in [2.45, 2.75) is 39.4 Å². The molecule has 0 aliphatic rings. The van der Waals surface area contributed by atoms with E-state index >= 15 is 0 Å². The van der Waals surface area contributed by atoms with Crippen LogP contribution in [0.15, 0.2) is 18.2 Å². The molecule has 0 saturated heterocycles. The smallest absolute Gasteiger partial charge is 0.126 e. The lowest BCUT2D eigenvalue weighted by Gasteiger charge is -2.14. The summed E-state index contributed by atoms with van der Waals surface area (Å²) in [7, 11) is 1.65. The van der Waals surface area contributed by atoms with Gasteiger partial charge in [-0.1, -0.05) is 19.4 Å². The van der Waals surface area contributed by atoms with Crippen LogP contribution in [-0.2, 0) is 11.3 Å². The molecule has 90 valence electrons. The third kappa shape index (κ3) is 3.74. The van der Waals surface area contributed by atoms with E-state index in [1.165, 1.54) is 0 Å². The van der Waals surface area contributed by atoms with Crippen LogP contribution in [0.2, 0.25) is 0 Å². The summed E-state index contributed by atoms with van der Waals surface area (Å²) >= 11 is 0. The fourth-order valence-corrected chi connectivity index (χ4v) is 1.60. The Kier molecular flexibility index (Phi) is 5.12. The second-order valence-electron chi connectivity index (χ2n) is 3.98. The second kappa shape index (κ2) is 6.38. The summed E-state index contributed by atoms with van der Waals surface area (Å²) in [5.74, 6) is 0.795. The zero-order chi connectivity index (χ0) is 12.0. The summed E-state index contributed by atoms with van der Waals surface area (Å²) < 4.78 is 11.0. The Morgan fingerprint density at radius 2 is 2.12 bits per heavy atom. The van der Waals surface area contributed by atoms with E-state index in [2.05, 4.69) is 13.8 Å². The SMILES string of the molecule is CCCC(C)OCc1ccc(N)cc1OC. The number of anilines is 1. The molecule has 1 aromatic carbocycles. The number of nitrogens with two attached hydrogens (primary N) is 1. The van der Waals surface area contributed by atoms with Gasteiger partial charge < -0.3 is 15.2 Å². The first-order chi connectivity index (χ1) is 7.67. The van der Waals surface area contributed by atoms with Crippen molar-refractivity contribution in [2.24, 2.45) is 0 Å². The molecule has 0 heterocycles. The Hall–Kier alpha value is -1.22. The average molecular weight is 223 g/mol. The third-order valence-corrected chi connectivity index (χ3v) is 2.53. The van der Waals surface area contributed by atoms with Crippen LogP contribution < -0.4 is 10.5 Å². The average Bonchev–Trinajstić information content (AvgIpc) is 2.27. The first-order valence-corrected chi connectivity index (χ1v) is 5.71. The minimum atomic E-state index is 0.284. The van der Waals surface area contributed by atoms with Gasteiger partial charge in [0.05, 0.1) is 19.8 Å². The van der Waals surface area contributed by atoms with E-state index < -0.39 is 0 Å². The van der Waals surface area contributed by atoms with Gasteiger partial charge in [0.15, 0.2) is 0 Å². The Morgan fingerprint density at radius 1 is 1.38 bits per heavy atom. The predicted octanol–water partition coefficient (Wildman–Crippen LogP) is 2.98. The van der Waals surface area contributed by atoms with E-state index in [0.29, 0.717) is 12.3 Å². The van der Waals surface area contributed by atoms with Crippen molar-refractivity contribution in [3.8, 4) is 5.75 Å². The van der Waals surface area contributed by atoms with Crippen LogP contribution in [0.3, 0.4) is 0 Å². The summed E-state index contributed by atoms with van der Waals surface area (Å²) in [6.07, 6.45) is 2.50. The van der Waals surface area contributed by atoms with Crippen molar-refractivity contribution in [1.82, 2.24) is 0 Å². The minimum Gasteiger partial charge on any atom is -0.496 e. The highest BCUT2D eigenvalue weighted by molar-refractivity contribution is 5.48. The molecule has 0 aromatic heterocycles. The quantitative estimate of drug-likeness (QED) is 0.754. The van der Waals surface area contributed by atoms with Crippen molar-refractivity contribution >= 4 is 5.69 Å². The van der Waals surface area contributed by atoms with Gasteiger partial charge in [0.2, 0.25) is 0 Å². The van der Waals surface area contributed by atoms with Crippen molar-refractivity contribution in [1.29, 1.82) is 0 Å². The van der Waals surface area contributed by atoms with Crippen LogP contribution in [0, 0.1) is 0 Å². The standard InChI is InChI=1S/C13H21NO2/c1-4-5-10(2)16-9-11-6-7-12(14)8-13(11)15-3/h6-8,10H,4-5,9,14H2,1-3H3. The largest absolute Gasteiger partial charge is 0.496 e. The van der Waals surface area contributed by atoms with Crippen molar-refractivity contribution in [3.63, 3.8) is 0 Å². The molecule has 16 heavy (non-hydrogen) atoms. The normalized spacial score (nSPS) is 12.4. The number of hydrogen-bond donors (Lipinski definition) is 1. The van der Waals surface area contributed by atoms with Gasteiger partial charge in [-0.3, -0.25) is 0 Å². The highest BCUT2D eigenvalue weighted by Crippen LogP contribution is 2.22. The third-order valence-electron chi connectivity index (χ3n) is 2.53. The van der Waals surface area contributed by atoms with Crippen molar-refractivity contribution in [3.05, 3.63) is 23.8 Å². The minimum absolute atomic E-state index is 0.284. The Balaban J connectivity index is 2.59. The molecule has 3 nitrogen and oxygen atoms in total. The summed E-state index contributed by atoms with van der Waals surface area (Å²) in [5.41, 5.74) is 7.44.